The topological polar surface area (TPSA) is 38.0 Å². The Bertz CT molecular complexity index is 618. The molecule has 0 amide bonds. The number of hydrogen-bond donors (Lipinski definition) is 2. The maximum Gasteiger partial charge on any atom is 0.106 e. The van der Waals surface area contributed by atoms with Gasteiger partial charge in [0.1, 0.15) is 4.99 Å². The van der Waals surface area contributed by atoms with Gasteiger partial charge in [-0.25, -0.2) is 0 Å². The first kappa shape index (κ1) is 14.0. The molecule has 0 atom stereocenters. The molecule has 0 spiro atoms. The molecule has 0 fully saturated rings. The first-order chi connectivity index (χ1) is 8.95. The van der Waals surface area contributed by atoms with E-state index < -0.39 is 0 Å². The fourth-order valence-corrected chi connectivity index (χ4v) is 2.73. The van der Waals surface area contributed by atoms with Crippen LogP contribution in [0, 0.1) is 13.8 Å². The van der Waals surface area contributed by atoms with Gasteiger partial charge in [0, 0.05) is 21.4 Å². The highest BCUT2D eigenvalue weighted by Gasteiger charge is 2.06. The van der Waals surface area contributed by atoms with Crippen LogP contribution in [-0.2, 0) is 0 Å². The van der Waals surface area contributed by atoms with Crippen molar-refractivity contribution in [2.45, 2.75) is 13.8 Å². The predicted molar refractivity (Wildman–Crippen MR) is 89.2 cm³/mol. The van der Waals surface area contributed by atoms with Gasteiger partial charge in [0.05, 0.1) is 0 Å². The lowest BCUT2D eigenvalue weighted by molar-refractivity contribution is 1.40. The monoisotopic (exact) mass is 334 g/mol. The van der Waals surface area contributed by atoms with Gasteiger partial charge in [-0.05, 0) is 55.3 Å². The number of nitrogens with one attached hydrogen (secondary N) is 1. The van der Waals surface area contributed by atoms with Crippen LogP contribution in [0.3, 0.4) is 0 Å². The van der Waals surface area contributed by atoms with E-state index in [0.29, 0.717) is 4.99 Å². The molecule has 3 N–H and O–H groups in total. The molecule has 0 saturated heterocycles. The minimum atomic E-state index is 0.397. The average molecular weight is 335 g/mol. The summed E-state index contributed by atoms with van der Waals surface area (Å²) in [4.78, 5) is 0.397. The van der Waals surface area contributed by atoms with Crippen molar-refractivity contribution >= 4 is 44.5 Å². The van der Waals surface area contributed by atoms with E-state index in [0.717, 1.165) is 27.0 Å². The highest BCUT2D eigenvalue weighted by atomic mass is 79.9. The van der Waals surface area contributed by atoms with Gasteiger partial charge in [-0.2, -0.15) is 0 Å². The van der Waals surface area contributed by atoms with Gasteiger partial charge < -0.3 is 11.1 Å². The van der Waals surface area contributed by atoms with Crippen LogP contribution in [0.5, 0.6) is 0 Å². The van der Waals surface area contributed by atoms with Crippen molar-refractivity contribution in [1.82, 2.24) is 0 Å². The SMILES string of the molecule is Cc1cc(Br)cc(Nc2cc(C)ccc2C(N)=S)c1. The van der Waals surface area contributed by atoms with Crippen LogP contribution in [0.2, 0.25) is 0 Å². The van der Waals surface area contributed by atoms with Crippen molar-refractivity contribution < 1.29 is 0 Å². The lowest BCUT2D eigenvalue weighted by atomic mass is 10.1. The third kappa shape index (κ3) is 3.55. The molecule has 0 radical (unpaired) electrons. The standard InChI is InChI=1S/C15H15BrN2S/c1-9-3-4-13(15(17)19)14(7-9)18-12-6-10(2)5-11(16)8-12/h3-8,18H,1-2H3,(H2,17,19). The van der Waals surface area contributed by atoms with Crippen LogP contribution in [-0.4, -0.2) is 4.99 Å². The van der Waals surface area contributed by atoms with Crippen molar-refractivity contribution in [3.05, 3.63) is 57.6 Å². The highest BCUT2D eigenvalue weighted by molar-refractivity contribution is 9.10. The van der Waals surface area contributed by atoms with Crippen LogP contribution in [0.1, 0.15) is 16.7 Å². The molecule has 2 aromatic carbocycles. The van der Waals surface area contributed by atoms with Crippen LogP contribution in [0.25, 0.3) is 0 Å². The molecule has 0 unspecified atom stereocenters. The third-order valence-corrected chi connectivity index (χ3v) is 3.44. The van der Waals surface area contributed by atoms with E-state index in [1.807, 2.05) is 31.2 Å². The zero-order valence-electron chi connectivity index (χ0n) is 10.8. The Morgan fingerprint density at radius 1 is 1.11 bits per heavy atom. The van der Waals surface area contributed by atoms with Crippen LogP contribution >= 0.6 is 28.1 Å². The van der Waals surface area contributed by atoms with Crippen molar-refractivity contribution in [3.8, 4) is 0 Å². The number of anilines is 2. The van der Waals surface area contributed by atoms with Crippen molar-refractivity contribution in [2.24, 2.45) is 5.73 Å². The van der Waals surface area contributed by atoms with Gasteiger partial charge in [-0.15, -0.1) is 0 Å². The zero-order chi connectivity index (χ0) is 14.0. The molecule has 0 aromatic heterocycles. The summed E-state index contributed by atoms with van der Waals surface area (Å²) in [7, 11) is 0. The predicted octanol–water partition coefficient (Wildman–Crippen LogP) is 4.44. The number of thiocarbonyl (C=S) groups is 1. The Labute approximate surface area is 127 Å². The van der Waals surface area contributed by atoms with E-state index in [9.17, 15) is 0 Å². The smallest absolute Gasteiger partial charge is 0.106 e. The second-order valence-corrected chi connectivity index (χ2v) is 5.91. The van der Waals surface area contributed by atoms with Gasteiger partial charge in [-0.1, -0.05) is 34.2 Å². The fourth-order valence-electron chi connectivity index (χ4n) is 1.94. The molecule has 2 rings (SSSR count). The Kier molecular flexibility index (Phi) is 4.22. The lowest BCUT2D eigenvalue weighted by Gasteiger charge is -2.13. The molecular weight excluding hydrogens is 320 g/mol. The first-order valence-electron chi connectivity index (χ1n) is 5.90. The van der Waals surface area contributed by atoms with Crippen LogP contribution < -0.4 is 11.1 Å². The summed E-state index contributed by atoms with van der Waals surface area (Å²) in [6, 6.07) is 12.2. The molecule has 0 aliphatic carbocycles. The van der Waals surface area contributed by atoms with Crippen LogP contribution in [0.4, 0.5) is 11.4 Å². The fraction of sp³-hybridized carbons (Fsp3) is 0.133. The second kappa shape index (κ2) is 5.72. The van der Waals surface area contributed by atoms with E-state index in [4.69, 9.17) is 18.0 Å². The maximum atomic E-state index is 5.76. The van der Waals surface area contributed by atoms with Crippen LogP contribution in [0.15, 0.2) is 40.9 Å². The summed E-state index contributed by atoms with van der Waals surface area (Å²) in [5, 5.41) is 3.38. The Morgan fingerprint density at radius 2 is 1.84 bits per heavy atom. The van der Waals surface area contributed by atoms with Gasteiger partial charge in [0.25, 0.3) is 0 Å². The summed E-state index contributed by atoms with van der Waals surface area (Å²) in [6.07, 6.45) is 0. The molecule has 98 valence electrons. The molecule has 2 nitrogen and oxygen atoms in total. The number of nitrogens with two attached hydrogens (primary N) is 1. The number of halogens is 1. The molecule has 0 saturated carbocycles. The normalized spacial score (nSPS) is 10.3. The van der Waals surface area contributed by atoms with Gasteiger partial charge in [0.2, 0.25) is 0 Å². The van der Waals surface area contributed by atoms with Crippen molar-refractivity contribution in [2.75, 3.05) is 5.32 Å². The Morgan fingerprint density at radius 3 is 2.47 bits per heavy atom. The van der Waals surface area contributed by atoms with Gasteiger partial charge in [-0.3, -0.25) is 0 Å². The summed E-state index contributed by atoms with van der Waals surface area (Å²) in [6.45, 7) is 4.10. The third-order valence-electron chi connectivity index (χ3n) is 2.76. The molecule has 0 aliphatic rings. The van der Waals surface area contributed by atoms with Crippen molar-refractivity contribution in [1.29, 1.82) is 0 Å². The van der Waals surface area contributed by atoms with E-state index >= 15 is 0 Å². The van der Waals surface area contributed by atoms with E-state index in [-0.39, 0.29) is 0 Å². The summed E-state index contributed by atoms with van der Waals surface area (Å²) in [5.74, 6) is 0. The van der Waals surface area contributed by atoms with E-state index in [1.165, 1.54) is 5.56 Å². The largest absolute Gasteiger partial charge is 0.389 e. The van der Waals surface area contributed by atoms with E-state index in [2.05, 4.69) is 40.3 Å². The quantitative estimate of drug-likeness (QED) is 0.814. The number of benzene rings is 2. The number of rotatable bonds is 3. The Balaban J connectivity index is 2.42. The molecular formula is C15H15BrN2S. The number of aryl methyl sites for hydroxylation is 2. The average Bonchev–Trinajstić information content (AvgIpc) is 2.26. The minimum Gasteiger partial charge on any atom is -0.389 e. The number of hydrogen-bond acceptors (Lipinski definition) is 2. The zero-order valence-corrected chi connectivity index (χ0v) is 13.2. The summed E-state index contributed by atoms with van der Waals surface area (Å²) in [5.41, 5.74) is 10.9. The molecule has 0 heterocycles. The maximum absolute atomic E-state index is 5.76. The first-order valence-corrected chi connectivity index (χ1v) is 7.10. The summed E-state index contributed by atoms with van der Waals surface area (Å²) >= 11 is 8.59. The Hall–Kier alpha value is -1.39. The lowest BCUT2D eigenvalue weighted by Crippen LogP contribution is -2.12. The van der Waals surface area contributed by atoms with E-state index in [1.54, 1.807) is 0 Å². The molecule has 0 bridgehead atoms. The summed E-state index contributed by atoms with van der Waals surface area (Å²) < 4.78 is 1.04. The highest BCUT2D eigenvalue weighted by Crippen LogP contribution is 2.25. The molecule has 0 aliphatic heterocycles. The molecule has 4 heteroatoms. The second-order valence-electron chi connectivity index (χ2n) is 4.56. The minimum absolute atomic E-state index is 0.397. The van der Waals surface area contributed by atoms with Gasteiger partial charge >= 0.3 is 0 Å². The molecule has 19 heavy (non-hydrogen) atoms. The van der Waals surface area contributed by atoms with Crippen molar-refractivity contribution in [3.63, 3.8) is 0 Å². The molecule has 2 aromatic rings. The van der Waals surface area contributed by atoms with Gasteiger partial charge in [0.15, 0.2) is 0 Å².